The van der Waals surface area contributed by atoms with E-state index < -0.39 is 93.8 Å². The van der Waals surface area contributed by atoms with Crippen molar-refractivity contribution in [1.82, 2.24) is 0 Å². The van der Waals surface area contributed by atoms with Gasteiger partial charge in [-0.2, -0.15) is 0 Å². The second kappa shape index (κ2) is 8.19. The number of Topliss-reactive ketones (excluding diaryl/α,β-unsaturated/α-hetero) is 1. The van der Waals surface area contributed by atoms with E-state index in [2.05, 4.69) is 0 Å². The van der Waals surface area contributed by atoms with Gasteiger partial charge < -0.3 is 38.7 Å². The van der Waals surface area contributed by atoms with E-state index in [9.17, 15) is 24.9 Å². The Hall–Kier alpha value is -2.31. The Balaban J connectivity index is 1.44. The van der Waals surface area contributed by atoms with Crippen LogP contribution >= 0.6 is 0 Å². The Bertz CT molecular complexity index is 1310. The molecule has 4 aliphatic carbocycles. The van der Waals surface area contributed by atoms with Crippen LogP contribution in [-0.4, -0.2) is 82.1 Å². The summed E-state index contributed by atoms with van der Waals surface area (Å²) in [4.78, 5) is 39.7. The molecule has 2 aliphatic heterocycles. The molecule has 1 aromatic rings. The lowest BCUT2D eigenvalue weighted by molar-refractivity contribution is -0.458. The monoisotopic (exact) mass is 574 g/mol. The minimum Gasteiger partial charge on any atom is -0.472 e. The van der Waals surface area contributed by atoms with E-state index in [1.165, 1.54) is 20.1 Å². The van der Waals surface area contributed by atoms with Crippen LogP contribution in [0.2, 0.25) is 0 Å². The zero-order valence-corrected chi connectivity index (χ0v) is 23.9. The third-order valence-corrected chi connectivity index (χ3v) is 12.6. The summed E-state index contributed by atoms with van der Waals surface area (Å²) in [6, 6.07) is 1.79. The van der Waals surface area contributed by atoms with Crippen LogP contribution in [0, 0.1) is 33.5 Å². The first-order chi connectivity index (χ1) is 19.2. The largest absolute Gasteiger partial charge is 0.472 e. The molecule has 2 bridgehead atoms. The second-order valence-corrected chi connectivity index (χ2v) is 13.9. The van der Waals surface area contributed by atoms with Crippen LogP contribution in [0.25, 0.3) is 0 Å². The Morgan fingerprint density at radius 3 is 2.32 bits per heavy atom. The maximum absolute atomic E-state index is 15.0. The molecule has 41 heavy (non-hydrogen) atoms. The standard InChI is InChI=1S/C30H38O11/c1-13(31)39-20-10-18(33)29-12-38-25(36)26(20,3)17(29)9-21-28(5)23(29)22(35)24(40-14(2)32)27(4)16(15-6-7-37-11-15)8-19(34)30(27,28)41-21/h6-7,11,16-21,23-25,33-34,36H,8-10,12H2,1-5H3/t16-,17-,18-,19+,20+,21+,23-,24-,25?,26+,27+,28+,29+,30-/m0/s1. The van der Waals surface area contributed by atoms with Crippen molar-refractivity contribution in [3.05, 3.63) is 24.2 Å². The molecule has 6 aliphatic rings. The highest BCUT2D eigenvalue weighted by Gasteiger charge is 2.92. The SMILES string of the molecule is CC(=O)O[C@@H]1C[C@H](O)[C@@]23COC(O)[C@]1(C)[C@@H]2C[C@H]1O[C@@]24[C@H](O)C[C@@H](c5ccoc5)[C@]2(C)[C@@H](OC(C)=O)C(=O)[C@H]3[C@@]14C. The number of aliphatic hydroxyl groups excluding tert-OH is 3. The summed E-state index contributed by atoms with van der Waals surface area (Å²) in [5.74, 6) is -3.45. The fourth-order valence-electron chi connectivity index (χ4n) is 11.2. The summed E-state index contributed by atoms with van der Waals surface area (Å²) in [5.41, 5.74) is -5.00. The zero-order valence-electron chi connectivity index (χ0n) is 23.9. The molecule has 7 rings (SSSR count). The van der Waals surface area contributed by atoms with Crippen molar-refractivity contribution >= 4 is 17.7 Å². The molecule has 1 unspecified atom stereocenters. The summed E-state index contributed by atoms with van der Waals surface area (Å²) in [6.45, 7) is 7.98. The molecule has 3 heterocycles. The van der Waals surface area contributed by atoms with E-state index in [1.807, 2.05) is 13.8 Å². The van der Waals surface area contributed by atoms with Crippen molar-refractivity contribution in [2.75, 3.05) is 6.61 Å². The number of furan rings is 1. The topological polar surface area (TPSA) is 162 Å². The summed E-state index contributed by atoms with van der Waals surface area (Å²) >= 11 is 0. The molecule has 6 fully saturated rings. The average Bonchev–Trinajstić information content (AvgIpc) is 3.50. The second-order valence-electron chi connectivity index (χ2n) is 13.9. The Labute approximate surface area is 237 Å². The number of hydrogen-bond acceptors (Lipinski definition) is 11. The lowest BCUT2D eigenvalue weighted by Gasteiger charge is -2.81. The summed E-state index contributed by atoms with van der Waals surface area (Å²) in [6.07, 6.45) is -2.41. The lowest BCUT2D eigenvalue weighted by Crippen LogP contribution is -2.91. The first-order valence-electron chi connectivity index (χ1n) is 14.5. The van der Waals surface area contributed by atoms with Crippen LogP contribution in [0.1, 0.15) is 65.4 Å². The molecule has 0 radical (unpaired) electrons. The van der Waals surface area contributed by atoms with Gasteiger partial charge in [0, 0.05) is 42.9 Å². The minimum absolute atomic E-state index is 0.00107. The van der Waals surface area contributed by atoms with Crippen LogP contribution in [0.15, 0.2) is 23.0 Å². The number of carbonyl (C=O) groups excluding carboxylic acids is 3. The Morgan fingerprint density at radius 1 is 0.976 bits per heavy atom. The molecular weight excluding hydrogens is 536 g/mol. The lowest BCUT2D eigenvalue weighted by atomic mass is 9.30. The van der Waals surface area contributed by atoms with Gasteiger partial charge in [0.15, 0.2) is 18.2 Å². The number of ketones is 1. The van der Waals surface area contributed by atoms with E-state index in [4.69, 9.17) is 23.4 Å². The van der Waals surface area contributed by atoms with E-state index >= 15 is 4.79 Å². The minimum atomic E-state index is -1.31. The van der Waals surface area contributed by atoms with Crippen LogP contribution in [0.5, 0.6) is 0 Å². The van der Waals surface area contributed by atoms with Gasteiger partial charge in [-0.3, -0.25) is 14.4 Å². The highest BCUT2D eigenvalue weighted by atomic mass is 16.6. The Morgan fingerprint density at radius 2 is 1.68 bits per heavy atom. The Kier molecular flexibility index (Phi) is 5.50. The number of aliphatic hydroxyl groups is 3. The number of carbonyl (C=O) groups is 3. The van der Waals surface area contributed by atoms with Crippen molar-refractivity contribution in [2.45, 2.75) is 102 Å². The first kappa shape index (κ1) is 27.5. The smallest absolute Gasteiger partial charge is 0.303 e. The maximum Gasteiger partial charge on any atom is 0.303 e. The van der Waals surface area contributed by atoms with Crippen molar-refractivity contribution in [2.24, 2.45) is 33.5 Å². The van der Waals surface area contributed by atoms with Gasteiger partial charge in [-0.15, -0.1) is 0 Å². The zero-order chi connectivity index (χ0) is 29.5. The van der Waals surface area contributed by atoms with Gasteiger partial charge in [-0.25, -0.2) is 0 Å². The molecule has 11 heteroatoms. The van der Waals surface area contributed by atoms with Crippen molar-refractivity contribution < 1.29 is 53.1 Å². The molecule has 3 N–H and O–H groups in total. The van der Waals surface area contributed by atoms with Gasteiger partial charge in [0.25, 0.3) is 0 Å². The van der Waals surface area contributed by atoms with Gasteiger partial charge in [0.05, 0.1) is 48.3 Å². The highest BCUT2D eigenvalue weighted by Crippen LogP contribution is 2.82. The maximum atomic E-state index is 15.0. The predicted molar refractivity (Wildman–Crippen MR) is 137 cm³/mol. The molecule has 14 atom stereocenters. The molecule has 4 saturated carbocycles. The van der Waals surface area contributed by atoms with Crippen molar-refractivity contribution in [3.63, 3.8) is 0 Å². The third kappa shape index (κ3) is 2.77. The summed E-state index contributed by atoms with van der Waals surface area (Å²) in [5, 5.41) is 35.1. The fraction of sp³-hybridized carbons (Fsp3) is 0.767. The molecule has 1 aromatic heterocycles. The van der Waals surface area contributed by atoms with Gasteiger partial charge in [-0.1, -0.05) is 20.8 Å². The average molecular weight is 575 g/mol. The number of ether oxygens (including phenoxy) is 4. The van der Waals surface area contributed by atoms with Crippen LogP contribution < -0.4 is 0 Å². The van der Waals surface area contributed by atoms with Crippen LogP contribution in [0.4, 0.5) is 0 Å². The molecule has 224 valence electrons. The van der Waals surface area contributed by atoms with Gasteiger partial charge in [0.2, 0.25) is 0 Å². The highest BCUT2D eigenvalue weighted by molar-refractivity contribution is 5.93. The molecular formula is C30H38O11. The van der Waals surface area contributed by atoms with Gasteiger partial charge in [0.1, 0.15) is 11.7 Å². The number of esters is 2. The first-order valence-corrected chi connectivity index (χ1v) is 14.5. The molecule has 11 nitrogen and oxygen atoms in total. The molecule has 2 saturated heterocycles. The number of rotatable bonds is 3. The molecule has 1 spiro atoms. The summed E-state index contributed by atoms with van der Waals surface area (Å²) in [7, 11) is 0. The van der Waals surface area contributed by atoms with Crippen molar-refractivity contribution in [3.8, 4) is 0 Å². The van der Waals surface area contributed by atoms with E-state index in [-0.39, 0.29) is 25.2 Å². The third-order valence-electron chi connectivity index (χ3n) is 12.6. The molecule has 0 amide bonds. The van der Waals surface area contributed by atoms with Gasteiger partial charge in [-0.05, 0) is 30.4 Å². The molecule has 0 aromatic carbocycles. The van der Waals surface area contributed by atoms with Gasteiger partial charge >= 0.3 is 11.9 Å². The number of hydrogen-bond donors (Lipinski definition) is 3. The van der Waals surface area contributed by atoms with Crippen LogP contribution in [-0.2, 0) is 33.3 Å². The van der Waals surface area contributed by atoms with E-state index in [0.29, 0.717) is 6.42 Å². The quantitative estimate of drug-likeness (QED) is 0.448. The fourth-order valence-corrected chi connectivity index (χ4v) is 11.2. The summed E-state index contributed by atoms with van der Waals surface area (Å²) < 4.78 is 29.7. The predicted octanol–water partition coefficient (Wildman–Crippen LogP) is 1.47. The van der Waals surface area contributed by atoms with E-state index in [1.54, 1.807) is 19.3 Å². The van der Waals surface area contributed by atoms with Crippen LogP contribution in [0.3, 0.4) is 0 Å². The normalized spacial score (nSPS) is 54.7. The van der Waals surface area contributed by atoms with Crippen molar-refractivity contribution in [1.29, 1.82) is 0 Å². The van der Waals surface area contributed by atoms with E-state index in [0.717, 1.165) is 5.56 Å².